The second-order valence-corrected chi connectivity index (χ2v) is 5.61. The van der Waals surface area contributed by atoms with Gasteiger partial charge in [-0.15, -0.1) is 0 Å². The molecule has 0 aliphatic heterocycles. The van der Waals surface area contributed by atoms with Gasteiger partial charge in [-0.3, -0.25) is 4.79 Å². The van der Waals surface area contributed by atoms with Crippen LogP contribution >= 0.6 is 15.9 Å². The molecule has 15 heavy (non-hydrogen) atoms. The van der Waals surface area contributed by atoms with Crippen molar-refractivity contribution in [3.63, 3.8) is 0 Å². The minimum absolute atomic E-state index is 0.387. The van der Waals surface area contributed by atoms with Crippen LogP contribution < -0.4 is 0 Å². The van der Waals surface area contributed by atoms with Gasteiger partial charge in [0.25, 0.3) is 0 Å². The molecule has 1 aromatic rings. The number of benzene rings is 1. The molecular formula is C12H12BrFO. The number of hydrogen-bond acceptors (Lipinski definition) is 1. The molecule has 0 saturated heterocycles. The lowest BCUT2D eigenvalue weighted by atomic mass is 9.72. The van der Waals surface area contributed by atoms with Crippen LogP contribution in [0, 0.1) is 5.41 Å². The molecule has 0 radical (unpaired) electrons. The van der Waals surface area contributed by atoms with E-state index < -0.39 is 11.6 Å². The summed E-state index contributed by atoms with van der Waals surface area (Å²) >= 11 is 3.29. The zero-order valence-electron chi connectivity index (χ0n) is 8.68. The van der Waals surface area contributed by atoms with E-state index in [1.165, 1.54) is 0 Å². The number of rotatable bonds is 0. The molecule has 1 aromatic carbocycles. The molecule has 0 spiro atoms. The Kier molecular flexibility index (Phi) is 2.45. The molecule has 1 atom stereocenters. The average molecular weight is 271 g/mol. The first kappa shape index (κ1) is 10.8. The molecule has 0 amide bonds. The second kappa shape index (κ2) is 3.41. The van der Waals surface area contributed by atoms with E-state index in [0.717, 1.165) is 10.0 Å². The summed E-state index contributed by atoms with van der Waals surface area (Å²) in [6.45, 7) is 3.58. The second-order valence-electron chi connectivity index (χ2n) is 4.69. The van der Waals surface area contributed by atoms with Crippen molar-refractivity contribution in [2.45, 2.75) is 26.4 Å². The fourth-order valence-electron chi connectivity index (χ4n) is 2.00. The number of Topliss-reactive ketones (excluding diaryl/α,β-unsaturated/α-hetero) is 1. The summed E-state index contributed by atoms with van der Waals surface area (Å²) < 4.78 is 14.6. The van der Waals surface area contributed by atoms with E-state index in [-0.39, 0.29) is 5.78 Å². The quantitative estimate of drug-likeness (QED) is 0.705. The highest BCUT2D eigenvalue weighted by atomic mass is 79.9. The van der Waals surface area contributed by atoms with Crippen LogP contribution in [0.2, 0.25) is 0 Å². The van der Waals surface area contributed by atoms with Crippen LogP contribution in [-0.4, -0.2) is 12.0 Å². The van der Waals surface area contributed by atoms with Crippen LogP contribution in [0.1, 0.15) is 29.8 Å². The molecule has 0 fully saturated rings. The molecule has 80 valence electrons. The first-order chi connectivity index (χ1) is 6.92. The Hall–Kier alpha value is -0.700. The standard InChI is InChI=1S/C12H12BrFO/c1-12(2)6-7-3-4-8(13)5-9(7)10(15)11(12)14/h3-5,11H,6H2,1-2H3. The van der Waals surface area contributed by atoms with Gasteiger partial charge in [-0.25, -0.2) is 4.39 Å². The zero-order chi connectivity index (χ0) is 11.2. The van der Waals surface area contributed by atoms with Gasteiger partial charge in [0, 0.05) is 15.5 Å². The molecule has 1 nitrogen and oxygen atoms in total. The van der Waals surface area contributed by atoms with E-state index in [1.807, 2.05) is 12.1 Å². The molecule has 3 heteroatoms. The lowest BCUT2D eigenvalue weighted by Gasteiger charge is -2.33. The van der Waals surface area contributed by atoms with Crippen molar-refractivity contribution in [1.29, 1.82) is 0 Å². The molecule has 0 bridgehead atoms. The Bertz CT molecular complexity index is 426. The number of ketones is 1. The number of halogens is 2. The number of carbonyl (C=O) groups is 1. The first-order valence-electron chi connectivity index (χ1n) is 4.88. The Morgan fingerprint density at radius 3 is 2.80 bits per heavy atom. The molecular weight excluding hydrogens is 259 g/mol. The molecule has 0 N–H and O–H groups in total. The molecule has 1 aliphatic rings. The van der Waals surface area contributed by atoms with Crippen LogP contribution in [0.25, 0.3) is 0 Å². The number of carbonyl (C=O) groups excluding carboxylic acids is 1. The van der Waals surface area contributed by atoms with Gasteiger partial charge in [-0.05, 0) is 24.1 Å². The van der Waals surface area contributed by atoms with Crippen molar-refractivity contribution >= 4 is 21.7 Å². The summed E-state index contributed by atoms with van der Waals surface area (Å²) in [7, 11) is 0. The topological polar surface area (TPSA) is 17.1 Å². The summed E-state index contributed by atoms with van der Waals surface area (Å²) in [5.74, 6) is -0.387. The van der Waals surface area contributed by atoms with E-state index in [4.69, 9.17) is 0 Å². The SMILES string of the molecule is CC1(C)Cc2ccc(Br)cc2C(=O)C1F. The first-order valence-corrected chi connectivity index (χ1v) is 5.68. The van der Waals surface area contributed by atoms with Crippen molar-refractivity contribution in [3.05, 3.63) is 33.8 Å². The molecule has 1 unspecified atom stereocenters. The largest absolute Gasteiger partial charge is 0.291 e. The maximum absolute atomic E-state index is 13.8. The van der Waals surface area contributed by atoms with Gasteiger partial charge in [0.15, 0.2) is 12.0 Å². The number of alkyl halides is 1. The normalized spacial score (nSPS) is 23.7. The lowest BCUT2D eigenvalue weighted by Crippen LogP contribution is -2.39. The zero-order valence-corrected chi connectivity index (χ0v) is 10.3. The summed E-state index contributed by atoms with van der Waals surface area (Å²) in [6, 6.07) is 5.49. The fourth-order valence-corrected chi connectivity index (χ4v) is 2.37. The number of fused-ring (bicyclic) bond motifs is 1. The van der Waals surface area contributed by atoms with E-state index in [0.29, 0.717) is 12.0 Å². The Labute approximate surface area is 96.8 Å². The molecule has 1 aliphatic carbocycles. The Morgan fingerprint density at radius 1 is 1.47 bits per heavy atom. The highest BCUT2D eigenvalue weighted by Gasteiger charge is 2.41. The molecule has 0 aromatic heterocycles. The highest BCUT2D eigenvalue weighted by molar-refractivity contribution is 9.10. The van der Waals surface area contributed by atoms with Gasteiger partial charge in [0.1, 0.15) is 0 Å². The van der Waals surface area contributed by atoms with Crippen LogP contribution in [-0.2, 0) is 6.42 Å². The van der Waals surface area contributed by atoms with E-state index in [1.54, 1.807) is 19.9 Å². The maximum atomic E-state index is 13.8. The fraction of sp³-hybridized carbons (Fsp3) is 0.417. The van der Waals surface area contributed by atoms with E-state index in [2.05, 4.69) is 15.9 Å². The third-order valence-electron chi connectivity index (χ3n) is 2.90. The number of hydrogen-bond donors (Lipinski definition) is 0. The smallest absolute Gasteiger partial charge is 0.197 e. The molecule has 2 rings (SSSR count). The van der Waals surface area contributed by atoms with Gasteiger partial charge in [-0.1, -0.05) is 35.8 Å². The summed E-state index contributed by atoms with van der Waals surface area (Å²) in [6.07, 6.45) is -0.776. The third kappa shape index (κ3) is 1.73. The van der Waals surface area contributed by atoms with Crippen molar-refractivity contribution in [2.24, 2.45) is 5.41 Å². The van der Waals surface area contributed by atoms with Crippen LogP contribution in [0.5, 0.6) is 0 Å². The maximum Gasteiger partial charge on any atom is 0.197 e. The molecule has 0 heterocycles. The Morgan fingerprint density at radius 2 is 2.13 bits per heavy atom. The Balaban J connectivity index is 2.55. The highest BCUT2D eigenvalue weighted by Crippen LogP contribution is 2.37. The lowest BCUT2D eigenvalue weighted by molar-refractivity contribution is 0.0661. The van der Waals surface area contributed by atoms with Crippen LogP contribution in [0.3, 0.4) is 0 Å². The molecule has 0 saturated carbocycles. The average Bonchev–Trinajstić information content (AvgIpc) is 2.16. The van der Waals surface area contributed by atoms with E-state index >= 15 is 0 Å². The van der Waals surface area contributed by atoms with Crippen molar-refractivity contribution in [2.75, 3.05) is 0 Å². The van der Waals surface area contributed by atoms with Crippen LogP contribution in [0.4, 0.5) is 4.39 Å². The van der Waals surface area contributed by atoms with Crippen molar-refractivity contribution in [3.8, 4) is 0 Å². The van der Waals surface area contributed by atoms with E-state index in [9.17, 15) is 9.18 Å². The predicted molar refractivity (Wildman–Crippen MR) is 60.9 cm³/mol. The summed E-state index contributed by atoms with van der Waals surface area (Å²) in [5, 5.41) is 0. The van der Waals surface area contributed by atoms with Gasteiger partial charge in [-0.2, -0.15) is 0 Å². The predicted octanol–water partition coefficient (Wildman–Crippen LogP) is 3.55. The van der Waals surface area contributed by atoms with Crippen molar-refractivity contribution < 1.29 is 9.18 Å². The summed E-state index contributed by atoms with van der Waals surface area (Å²) in [4.78, 5) is 11.8. The monoisotopic (exact) mass is 270 g/mol. The summed E-state index contributed by atoms with van der Waals surface area (Å²) in [5.41, 5.74) is 0.885. The third-order valence-corrected chi connectivity index (χ3v) is 3.39. The van der Waals surface area contributed by atoms with Crippen molar-refractivity contribution in [1.82, 2.24) is 0 Å². The van der Waals surface area contributed by atoms with Gasteiger partial charge < -0.3 is 0 Å². The van der Waals surface area contributed by atoms with Crippen LogP contribution in [0.15, 0.2) is 22.7 Å². The van der Waals surface area contributed by atoms with Gasteiger partial charge >= 0.3 is 0 Å². The minimum Gasteiger partial charge on any atom is -0.291 e. The van der Waals surface area contributed by atoms with Gasteiger partial charge in [0.05, 0.1) is 0 Å². The van der Waals surface area contributed by atoms with Gasteiger partial charge in [0.2, 0.25) is 0 Å². The minimum atomic E-state index is -1.39.